The molecule has 0 aliphatic carbocycles. The van der Waals surface area contributed by atoms with Gasteiger partial charge in [0.05, 0.1) is 25.1 Å². The van der Waals surface area contributed by atoms with E-state index in [0.29, 0.717) is 35.2 Å². The van der Waals surface area contributed by atoms with Crippen LogP contribution in [0.15, 0.2) is 59.5 Å². The topological polar surface area (TPSA) is 62.6 Å². The Morgan fingerprint density at radius 1 is 1.00 bits per heavy atom. The van der Waals surface area contributed by atoms with E-state index in [2.05, 4.69) is 25.8 Å². The summed E-state index contributed by atoms with van der Waals surface area (Å²) in [5, 5.41) is 0. The van der Waals surface area contributed by atoms with Crippen LogP contribution in [0.1, 0.15) is 26.5 Å². The molecule has 1 heterocycles. The van der Waals surface area contributed by atoms with Gasteiger partial charge in [0.15, 0.2) is 11.5 Å². The van der Waals surface area contributed by atoms with Crippen LogP contribution in [0.2, 0.25) is 0 Å². The minimum Gasteiger partial charge on any atom is -0.493 e. The molecule has 0 aliphatic heterocycles. The summed E-state index contributed by atoms with van der Waals surface area (Å²) in [6, 6.07) is 12.6. The van der Waals surface area contributed by atoms with Crippen molar-refractivity contribution in [2.24, 2.45) is 5.41 Å². The van der Waals surface area contributed by atoms with Crippen LogP contribution in [-0.4, -0.2) is 23.3 Å². The van der Waals surface area contributed by atoms with Crippen molar-refractivity contribution in [2.45, 2.75) is 27.4 Å². The van der Waals surface area contributed by atoms with E-state index in [0.717, 1.165) is 0 Å². The highest BCUT2D eigenvalue weighted by Gasteiger charge is 2.14. The SMILES string of the molecule is COc1cc(-n2ccc(COc3ccc(F)cc3)nc2=O)ccc1OCC(C)(C)C. The predicted molar refractivity (Wildman–Crippen MR) is 112 cm³/mol. The van der Waals surface area contributed by atoms with E-state index in [1.165, 1.54) is 28.8 Å². The molecule has 0 atom stereocenters. The van der Waals surface area contributed by atoms with Crippen molar-refractivity contribution in [3.63, 3.8) is 0 Å². The van der Waals surface area contributed by atoms with Crippen molar-refractivity contribution in [3.05, 3.63) is 76.7 Å². The Morgan fingerprint density at radius 2 is 1.73 bits per heavy atom. The second-order valence-corrected chi connectivity index (χ2v) is 8.00. The average Bonchev–Trinajstić information content (AvgIpc) is 2.71. The van der Waals surface area contributed by atoms with Crippen molar-refractivity contribution < 1.29 is 18.6 Å². The molecule has 0 saturated carbocycles. The van der Waals surface area contributed by atoms with E-state index >= 15 is 0 Å². The van der Waals surface area contributed by atoms with E-state index in [9.17, 15) is 9.18 Å². The molecule has 0 spiro atoms. The minimum absolute atomic E-state index is 0.0103. The number of aromatic nitrogens is 2. The number of halogens is 1. The van der Waals surface area contributed by atoms with E-state index in [-0.39, 0.29) is 17.8 Å². The van der Waals surface area contributed by atoms with Gasteiger partial charge in [-0.3, -0.25) is 4.57 Å². The smallest absolute Gasteiger partial charge is 0.352 e. The maximum atomic E-state index is 13.0. The molecule has 6 nitrogen and oxygen atoms in total. The maximum absolute atomic E-state index is 13.0. The molecule has 7 heteroatoms. The van der Waals surface area contributed by atoms with Crippen LogP contribution < -0.4 is 19.9 Å². The summed E-state index contributed by atoms with van der Waals surface area (Å²) < 4.78 is 31.2. The first-order valence-electron chi connectivity index (χ1n) is 9.53. The van der Waals surface area contributed by atoms with Gasteiger partial charge in [0.1, 0.15) is 18.2 Å². The van der Waals surface area contributed by atoms with Gasteiger partial charge >= 0.3 is 5.69 Å². The van der Waals surface area contributed by atoms with Crippen LogP contribution in [0.3, 0.4) is 0 Å². The molecule has 0 amide bonds. The normalized spacial score (nSPS) is 11.2. The quantitative estimate of drug-likeness (QED) is 0.576. The third kappa shape index (κ3) is 5.59. The lowest BCUT2D eigenvalue weighted by Crippen LogP contribution is -2.22. The lowest BCUT2D eigenvalue weighted by atomic mass is 9.99. The van der Waals surface area contributed by atoms with Gasteiger partial charge in [-0.05, 0) is 47.9 Å². The molecule has 0 radical (unpaired) electrons. The molecule has 158 valence electrons. The van der Waals surface area contributed by atoms with E-state index in [4.69, 9.17) is 14.2 Å². The third-order valence-electron chi connectivity index (χ3n) is 4.15. The molecule has 3 aromatic rings. The Hall–Kier alpha value is -3.35. The van der Waals surface area contributed by atoms with E-state index < -0.39 is 5.69 Å². The predicted octanol–water partition coefficient (Wildman–Crippen LogP) is 4.38. The largest absolute Gasteiger partial charge is 0.493 e. The van der Waals surface area contributed by atoms with Gasteiger partial charge in [-0.15, -0.1) is 0 Å². The molecule has 3 rings (SSSR count). The zero-order valence-electron chi connectivity index (χ0n) is 17.5. The highest BCUT2D eigenvalue weighted by Crippen LogP contribution is 2.30. The van der Waals surface area contributed by atoms with E-state index in [1.807, 2.05) is 0 Å². The highest BCUT2D eigenvalue weighted by molar-refractivity contribution is 5.48. The van der Waals surface area contributed by atoms with Gasteiger partial charge < -0.3 is 14.2 Å². The fourth-order valence-corrected chi connectivity index (χ4v) is 2.62. The van der Waals surface area contributed by atoms with Gasteiger partial charge in [-0.1, -0.05) is 20.8 Å². The molecule has 1 aromatic heterocycles. The number of hydrogen-bond acceptors (Lipinski definition) is 5. The number of ether oxygens (including phenoxy) is 3. The van der Waals surface area contributed by atoms with Gasteiger partial charge in [-0.25, -0.2) is 9.18 Å². The summed E-state index contributed by atoms with van der Waals surface area (Å²) in [6.07, 6.45) is 1.63. The molecule has 0 fully saturated rings. The first kappa shape index (κ1) is 21.4. The van der Waals surface area contributed by atoms with Crippen LogP contribution >= 0.6 is 0 Å². The Labute approximate surface area is 174 Å². The number of rotatable bonds is 7. The zero-order chi connectivity index (χ0) is 21.7. The molecule has 0 unspecified atom stereocenters. The van der Waals surface area contributed by atoms with Gasteiger partial charge in [0.25, 0.3) is 0 Å². The lowest BCUT2D eigenvalue weighted by molar-refractivity contribution is 0.191. The lowest BCUT2D eigenvalue weighted by Gasteiger charge is -2.20. The molecular weight excluding hydrogens is 387 g/mol. The standard InChI is InChI=1S/C23H25FN2O4/c1-23(2,3)15-30-20-10-7-18(13-21(20)28-4)26-12-11-17(25-22(26)27)14-29-19-8-5-16(24)6-9-19/h5-13H,14-15H2,1-4H3. The summed E-state index contributed by atoms with van der Waals surface area (Å²) in [5.41, 5.74) is 0.646. The van der Waals surface area contributed by atoms with Gasteiger partial charge in [-0.2, -0.15) is 4.98 Å². The summed E-state index contributed by atoms with van der Waals surface area (Å²) in [6.45, 7) is 6.89. The Balaban J connectivity index is 1.75. The van der Waals surface area contributed by atoms with Crippen LogP contribution in [-0.2, 0) is 6.61 Å². The number of methoxy groups -OCH3 is 1. The molecular formula is C23H25FN2O4. The summed E-state index contributed by atoms with van der Waals surface area (Å²) in [4.78, 5) is 16.6. The first-order valence-corrected chi connectivity index (χ1v) is 9.53. The van der Waals surface area contributed by atoms with Crippen LogP contribution in [0.25, 0.3) is 5.69 Å². The molecule has 0 aliphatic rings. The van der Waals surface area contributed by atoms with Crippen molar-refractivity contribution in [1.29, 1.82) is 0 Å². The third-order valence-corrected chi connectivity index (χ3v) is 4.15. The summed E-state index contributed by atoms with van der Waals surface area (Å²) in [7, 11) is 1.56. The van der Waals surface area contributed by atoms with Crippen LogP contribution in [0.4, 0.5) is 4.39 Å². The second-order valence-electron chi connectivity index (χ2n) is 8.00. The Morgan fingerprint density at radius 3 is 2.37 bits per heavy atom. The van der Waals surface area contributed by atoms with Gasteiger partial charge in [0, 0.05) is 12.3 Å². The fourth-order valence-electron chi connectivity index (χ4n) is 2.62. The highest BCUT2D eigenvalue weighted by atomic mass is 19.1. The maximum Gasteiger partial charge on any atom is 0.352 e. The van der Waals surface area contributed by atoms with Crippen molar-refractivity contribution in [2.75, 3.05) is 13.7 Å². The van der Waals surface area contributed by atoms with Crippen LogP contribution in [0, 0.1) is 11.2 Å². The molecule has 2 aromatic carbocycles. The van der Waals surface area contributed by atoms with Crippen molar-refractivity contribution in [3.8, 4) is 22.9 Å². The molecule has 0 N–H and O–H groups in total. The first-order chi connectivity index (χ1) is 14.2. The summed E-state index contributed by atoms with van der Waals surface area (Å²) >= 11 is 0. The van der Waals surface area contributed by atoms with Crippen LogP contribution in [0.5, 0.6) is 17.2 Å². The fraction of sp³-hybridized carbons (Fsp3) is 0.304. The molecule has 0 bridgehead atoms. The number of benzene rings is 2. The molecule has 30 heavy (non-hydrogen) atoms. The summed E-state index contributed by atoms with van der Waals surface area (Å²) in [5.74, 6) is 1.31. The minimum atomic E-state index is -0.444. The van der Waals surface area contributed by atoms with E-state index in [1.54, 1.807) is 37.6 Å². The van der Waals surface area contributed by atoms with Gasteiger partial charge in [0.2, 0.25) is 0 Å². The zero-order valence-corrected chi connectivity index (χ0v) is 17.5. The molecule has 0 saturated heterocycles. The monoisotopic (exact) mass is 412 g/mol. The number of hydrogen-bond donors (Lipinski definition) is 0. The average molecular weight is 412 g/mol. The second kappa shape index (κ2) is 8.98. The Bertz CT molecular complexity index is 1060. The number of nitrogens with zero attached hydrogens (tertiary/aromatic N) is 2. The van der Waals surface area contributed by atoms with Crippen molar-refractivity contribution >= 4 is 0 Å². The van der Waals surface area contributed by atoms with Crippen molar-refractivity contribution in [1.82, 2.24) is 9.55 Å². The Kier molecular flexibility index (Phi) is 6.40.